The van der Waals surface area contributed by atoms with Gasteiger partial charge >= 0.3 is 0 Å². The molecule has 5 nitrogen and oxygen atoms in total. The zero-order chi connectivity index (χ0) is 23.5. The number of amides is 1. The molecule has 0 bridgehead atoms. The van der Waals surface area contributed by atoms with E-state index in [1.807, 2.05) is 60.8 Å². The number of hydrogen-bond donors (Lipinski definition) is 0. The zero-order valence-corrected chi connectivity index (χ0v) is 20.2. The summed E-state index contributed by atoms with van der Waals surface area (Å²) in [5.74, 6) is 1.34. The smallest absolute Gasteiger partial charge is 0.268 e. The standard InChI is InChI=1S/C27H23ClN2O3S/c1-2-24-27(31)30(14-15-32-21-11-9-20(28)10-12-21)23-16-19(8-13-25(23)33-24)22-17-34-26(29-22)18-6-4-3-5-7-18/h3-13,16-17,24H,2,14-15H2,1H3. The number of fused-ring (bicyclic) bond motifs is 1. The molecule has 0 spiro atoms. The van der Waals surface area contributed by atoms with Gasteiger partial charge in [0.25, 0.3) is 5.91 Å². The maximum Gasteiger partial charge on any atom is 0.268 e. The second kappa shape index (κ2) is 9.87. The van der Waals surface area contributed by atoms with E-state index in [4.69, 9.17) is 26.1 Å². The van der Waals surface area contributed by atoms with Crippen molar-refractivity contribution in [3.8, 4) is 33.3 Å². The van der Waals surface area contributed by atoms with Crippen molar-refractivity contribution < 1.29 is 14.3 Å². The molecule has 0 radical (unpaired) electrons. The van der Waals surface area contributed by atoms with E-state index in [9.17, 15) is 4.79 Å². The molecule has 1 unspecified atom stereocenters. The van der Waals surface area contributed by atoms with Gasteiger partial charge in [-0.2, -0.15) is 0 Å². The first-order valence-corrected chi connectivity index (χ1v) is 12.4. The lowest BCUT2D eigenvalue weighted by atomic mass is 10.1. The molecular formula is C27H23ClN2O3S. The Morgan fingerprint density at radius 1 is 1.06 bits per heavy atom. The summed E-state index contributed by atoms with van der Waals surface area (Å²) >= 11 is 7.55. The van der Waals surface area contributed by atoms with Crippen LogP contribution < -0.4 is 14.4 Å². The molecule has 1 aromatic heterocycles. The van der Waals surface area contributed by atoms with Crippen molar-refractivity contribution in [1.29, 1.82) is 0 Å². The number of thiazole rings is 1. The molecule has 0 aliphatic carbocycles. The number of nitrogens with zero attached hydrogens (tertiary/aromatic N) is 2. The number of halogens is 1. The summed E-state index contributed by atoms with van der Waals surface area (Å²) in [5.41, 5.74) is 3.63. The van der Waals surface area contributed by atoms with E-state index in [2.05, 4.69) is 12.1 Å². The van der Waals surface area contributed by atoms with Gasteiger partial charge in [-0.3, -0.25) is 4.79 Å². The third-order valence-electron chi connectivity index (χ3n) is 5.65. The number of carbonyl (C=O) groups is 1. The van der Waals surface area contributed by atoms with Crippen LogP contribution in [0.4, 0.5) is 5.69 Å². The average Bonchev–Trinajstić information content (AvgIpc) is 3.37. The summed E-state index contributed by atoms with van der Waals surface area (Å²) in [7, 11) is 0. The Labute approximate surface area is 207 Å². The molecule has 1 atom stereocenters. The van der Waals surface area contributed by atoms with Crippen LogP contribution in [-0.2, 0) is 4.79 Å². The number of carbonyl (C=O) groups excluding carboxylic acids is 1. The predicted molar refractivity (Wildman–Crippen MR) is 137 cm³/mol. The summed E-state index contributed by atoms with van der Waals surface area (Å²) in [4.78, 5) is 19.7. The molecule has 3 aromatic carbocycles. The van der Waals surface area contributed by atoms with Crippen molar-refractivity contribution >= 4 is 34.5 Å². The Kier molecular flexibility index (Phi) is 6.52. The van der Waals surface area contributed by atoms with Crippen molar-refractivity contribution in [2.45, 2.75) is 19.4 Å². The van der Waals surface area contributed by atoms with Crippen molar-refractivity contribution in [2.24, 2.45) is 0 Å². The van der Waals surface area contributed by atoms with Crippen LogP contribution in [0.5, 0.6) is 11.5 Å². The fourth-order valence-corrected chi connectivity index (χ4v) is 4.84. The first kappa shape index (κ1) is 22.4. The highest BCUT2D eigenvalue weighted by Crippen LogP contribution is 2.39. The van der Waals surface area contributed by atoms with Gasteiger partial charge < -0.3 is 14.4 Å². The normalized spacial score (nSPS) is 15.1. The molecule has 0 saturated carbocycles. The van der Waals surface area contributed by atoms with E-state index in [-0.39, 0.29) is 5.91 Å². The van der Waals surface area contributed by atoms with Gasteiger partial charge in [-0.15, -0.1) is 11.3 Å². The van der Waals surface area contributed by atoms with E-state index in [0.29, 0.717) is 36.1 Å². The van der Waals surface area contributed by atoms with Crippen LogP contribution in [-0.4, -0.2) is 30.1 Å². The minimum atomic E-state index is -0.502. The molecule has 5 rings (SSSR count). The fourth-order valence-electron chi connectivity index (χ4n) is 3.88. The molecule has 7 heteroatoms. The molecule has 172 valence electrons. The summed E-state index contributed by atoms with van der Waals surface area (Å²) < 4.78 is 11.9. The molecule has 34 heavy (non-hydrogen) atoms. The van der Waals surface area contributed by atoms with Crippen LogP contribution in [0, 0.1) is 0 Å². The van der Waals surface area contributed by atoms with E-state index in [1.54, 1.807) is 28.4 Å². The molecule has 0 N–H and O–H groups in total. The monoisotopic (exact) mass is 490 g/mol. The average molecular weight is 491 g/mol. The zero-order valence-electron chi connectivity index (χ0n) is 18.6. The quantitative estimate of drug-likeness (QED) is 0.289. The molecule has 1 aliphatic rings. The maximum absolute atomic E-state index is 13.2. The van der Waals surface area contributed by atoms with E-state index in [0.717, 1.165) is 27.5 Å². The number of aromatic nitrogens is 1. The van der Waals surface area contributed by atoms with Gasteiger partial charge in [-0.05, 0) is 48.9 Å². The largest absolute Gasteiger partial charge is 0.492 e. The Balaban J connectivity index is 1.40. The number of ether oxygens (including phenoxy) is 2. The second-order valence-corrected chi connectivity index (χ2v) is 9.19. The summed E-state index contributed by atoms with van der Waals surface area (Å²) in [6.07, 6.45) is 0.0963. The third-order valence-corrected chi connectivity index (χ3v) is 6.79. The first-order chi connectivity index (χ1) is 16.6. The van der Waals surface area contributed by atoms with E-state index >= 15 is 0 Å². The van der Waals surface area contributed by atoms with Gasteiger partial charge in [-0.25, -0.2) is 4.98 Å². The van der Waals surface area contributed by atoms with Crippen LogP contribution in [0.2, 0.25) is 5.02 Å². The van der Waals surface area contributed by atoms with Crippen LogP contribution in [0.3, 0.4) is 0 Å². The summed E-state index contributed by atoms with van der Waals surface area (Å²) in [6, 6.07) is 23.2. The van der Waals surface area contributed by atoms with Crippen LogP contribution in [0.25, 0.3) is 21.8 Å². The minimum absolute atomic E-state index is 0.0601. The van der Waals surface area contributed by atoms with Gasteiger partial charge in [0.2, 0.25) is 0 Å². The topological polar surface area (TPSA) is 51.7 Å². The molecule has 2 heterocycles. The van der Waals surface area contributed by atoms with Crippen molar-refractivity contribution in [3.63, 3.8) is 0 Å². The molecular weight excluding hydrogens is 468 g/mol. The SMILES string of the molecule is CCC1Oc2ccc(-c3csc(-c4ccccc4)n3)cc2N(CCOc2ccc(Cl)cc2)C1=O. The number of anilines is 1. The highest BCUT2D eigenvalue weighted by Gasteiger charge is 2.33. The molecule has 0 fully saturated rings. The molecule has 4 aromatic rings. The number of rotatable bonds is 7. The molecule has 0 saturated heterocycles. The minimum Gasteiger partial charge on any atom is -0.492 e. The number of hydrogen-bond acceptors (Lipinski definition) is 5. The van der Waals surface area contributed by atoms with Gasteiger partial charge in [-0.1, -0.05) is 48.9 Å². The first-order valence-electron chi connectivity index (χ1n) is 11.1. The second-order valence-electron chi connectivity index (χ2n) is 7.89. The van der Waals surface area contributed by atoms with Gasteiger partial charge in [0.1, 0.15) is 23.1 Å². The number of benzene rings is 3. The highest BCUT2D eigenvalue weighted by atomic mass is 35.5. The summed E-state index contributed by atoms with van der Waals surface area (Å²) in [5, 5.41) is 3.65. The Morgan fingerprint density at radius 2 is 1.85 bits per heavy atom. The third kappa shape index (κ3) is 4.65. The van der Waals surface area contributed by atoms with Crippen LogP contribution >= 0.6 is 22.9 Å². The molecule has 1 amide bonds. The maximum atomic E-state index is 13.2. The lowest BCUT2D eigenvalue weighted by Gasteiger charge is -2.34. The van der Waals surface area contributed by atoms with Crippen LogP contribution in [0.15, 0.2) is 78.2 Å². The molecule has 1 aliphatic heterocycles. The fraction of sp³-hybridized carbons (Fsp3) is 0.185. The van der Waals surface area contributed by atoms with Gasteiger partial charge in [0.15, 0.2) is 6.10 Å². The van der Waals surface area contributed by atoms with E-state index < -0.39 is 6.10 Å². The lowest BCUT2D eigenvalue weighted by molar-refractivity contribution is -0.126. The highest BCUT2D eigenvalue weighted by molar-refractivity contribution is 7.13. The van der Waals surface area contributed by atoms with Gasteiger partial charge in [0, 0.05) is 21.5 Å². The Hall–Kier alpha value is -3.35. The van der Waals surface area contributed by atoms with E-state index in [1.165, 1.54) is 0 Å². The Morgan fingerprint density at radius 3 is 2.62 bits per heavy atom. The van der Waals surface area contributed by atoms with Crippen molar-refractivity contribution in [1.82, 2.24) is 4.98 Å². The lowest BCUT2D eigenvalue weighted by Crippen LogP contribution is -2.47. The van der Waals surface area contributed by atoms with Crippen molar-refractivity contribution in [3.05, 3.63) is 83.2 Å². The predicted octanol–water partition coefficient (Wildman–Crippen LogP) is 6.71. The van der Waals surface area contributed by atoms with Crippen molar-refractivity contribution in [2.75, 3.05) is 18.1 Å². The Bertz CT molecular complexity index is 1290. The van der Waals surface area contributed by atoms with Gasteiger partial charge in [0.05, 0.1) is 17.9 Å². The summed E-state index contributed by atoms with van der Waals surface area (Å²) in [6.45, 7) is 2.71. The van der Waals surface area contributed by atoms with Crippen LogP contribution in [0.1, 0.15) is 13.3 Å².